The molecule has 3 aromatic rings. The number of rotatable bonds is 3. The Bertz CT molecular complexity index is 733. The van der Waals surface area contributed by atoms with Gasteiger partial charge < -0.3 is 10.3 Å². The van der Waals surface area contributed by atoms with E-state index in [-0.39, 0.29) is 5.82 Å². The van der Waals surface area contributed by atoms with Crippen molar-refractivity contribution in [2.75, 3.05) is 5.73 Å². The summed E-state index contributed by atoms with van der Waals surface area (Å²) in [5, 5.41) is 11.5. The quantitative estimate of drug-likeness (QED) is 0.775. The highest BCUT2D eigenvalue weighted by molar-refractivity contribution is 5.52. The van der Waals surface area contributed by atoms with Gasteiger partial charge in [0, 0.05) is 5.56 Å². The van der Waals surface area contributed by atoms with Crippen LogP contribution < -0.4 is 5.73 Å². The number of aromatic nitrogens is 5. The molecular formula is C12H11FN6O. The van der Waals surface area contributed by atoms with Crippen LogP contribution in [0.2, 0.25) is 0 Å². The average molecular weight is 274 g/mol. The third kappa shape index (κ3) is 2.22. The largest absolute Gasteiger partial charge is 0.381 e. The van der Waals surface area contributed by atoms with Gasteiger partial charge in [-0.3, -0.25) is 0 Å². The summed E-state index contributed by atoms with van der Waals surface area (Å²) in [6, 6.07) is 5.82. The molecule has 0 saturated heterocycles. The summed E-state index contributed by atoms with van der Waals surface area (Å²) in [5.74, 6) is 0.817. The Morgan fingerprint density at radius 2 is 2.05 bits per heavy atom. The summed E-state index contributed by atoms with van der Waals surface area (Å²) in [6.07, 6.45) is 0. The second-order valence-corrected chi connectivity index (χ2v) is 4.24. The summed E-state index contributed by atoms with van der Waals surface area (Å²) in [6.45, 7) is 2.11. The molecule has 0 aliphatic heterocycles. The Morgan fingerprint density at radius 3 is 2.70 bits per heavy atom. The van der Waals surface area contributed by atoms with Gasteiger partial charge in [-0.05, 0) is 31.2 Å². The zero-order valence-electron chi connectivity index (χ0n) is 10.6. The predicted molar refractivity (Wildman–Crippen MR) is 68.0 cm³/mol. The minimum absolute atomic E-state index is 0.306. The fourth-order valence-corrected chi connectivity index (χ4v) is 1.69. The average Bonchev–Trinajstić information content (AvgIpc) is 3.02. The lowest BCUT2D eigenvalue weighted by molar-refractivity contribution is 0.417. The number of hydrogen-bond donors (Lipinski definition) is 1. The van der Waals surface area contributed by atoms with E-state index in [1.807, 2.05) is 0 Å². The van der Waals surface area contributed by atoms with Crippen LogP contribution >= 0.6 is 0 Å². The topological polar surface area (TPSA) is 95.7 Å². The Balaban J connectivity index is 1.83. The van der Waals surface area contributed by atoms with Crippen molar-refractivity contribution < 1.29 is 8.91 Å². The third-order valence-corrected chi connectivity index (χ3v) is 2.87. The molecular weight excluding hydrogens is 263 g/mol. The highest BCUT2D eigenvalue weighted by Crippen LogP contribution is 2.17. The molecule has 7 nitrogen and oxygen atoms in total. The molecule has 0 unspecified atom stereocenters. The molecule has 20 heavy (non-hydrogen) atoms. The smallest absolute Gasteiger partial charge is 0.257 e. The van der Waals surface area contributed by atoms with Gasteiger partial charge in [-0.15, -0.1) is 5.10 Å². The summed E-state index contributed by atoms with van der Waals surface area (Å²) in [5.41, 5.74) is 7.00. The number of nitrogens with zero attached hydrogens (tertiary/aromatic N) is 5. The van der Waals surface area contributed by atoms with Crippen molar-refractivity contribution in [3.8, 4) is 11.5 Å². The van der Waals surface area contributed by atoms with Crippen LogP contribution in [-0.2, 0) is 6.54 Å². The highest BCUT2D eigenvalue weighted by atomic mass is 19.1. The number of nitrogen functional groups attached to an aromatic ring is 1. The first kappa shape index (κ1) is 12.3. The molecule has 0 bridgehead atoms. The number of anilines is 1. The Labute approximate surface area is 113 Å². The van der Waals surface area contributed by atoms with Gasteiger partial charge in [0.2, 0.25) is 0 Å². The van der Waals surface area contributed by atoms with Crippen molar-refractivity contribution in [2.24, 2.45) is 0 Å². The second kappa shape index (κ2) is 4.72. The van der Waals surface area contributed by atoms with Crippen molar-refractivity contribution in [1.29, 1.82) is 0 Å². The van der Waals surface area contributed by atoms with Gasteiger partial charge in [0.05, 0.1) is 5.69 Å². The first-order chi connectivity index (χ1) is 9.63. The predicted octanol–water partition coefficient (Wildman–Crippen LogP) is 1.41. The Morgan fingerprint density at radius 1 is 1.30 bits per heavy atom. The van der Waals surface area contributed by atoms with E-state index in [9.17, 15) is 4.39 Å². The lowest BCUT2D eigenvalue weighted by Gasteiger charge is -1.97. The molecule has 0 atom stereocenters. The van der Waals surface area contributed by atoms with Crippen molar-refractivity contribution >= 4 is 5.82 Å². The SMILES string of the molecule is Cc1c(N)nnn1Cc1noc(-c2ccc(F)cc2)n1. The van der Waals surface area contributed by atoms with E-state index in [2.05, 4.69) is 20.5 Å². The van der Waals surface area contributed by atoms with Gasteiger partial charge >= 0.3 is 0 Å². The molecule has 0 saturated carbocycles. The van der Waals surface area contributed by atoms with Crippen LogP contribution in [0.4, 0.5) is 10.2 Å². The van der Waals surface area contributed by atoms with E-state index in [0.29, 0.717) is 29.6 Å². The van der Waals surface area contributed by atoms with Gasteiger partial charge in [0.15, 0.2) is 11.6 Å². The Kier molecular flexibility index (Phi) is 2.90. The minimum atomic E-state index is -0.317. The molecule has 0 fully saturated rings. The van der Waals surface area contributed by atoms with E-state index >= 15 is 0 Å². The summed E-state index contributed by atoms with van der Waals surface area (Å²) >= 11 is 0. The van der Waals surface area contributed by atoms with Crippen molar-refractivity contribution in [2.45, 2.75) is 13.5 Å². The molecule has 0 amide bonds. The van der Waals surface area contributed by atoms with Gasteiger partial charge in [-0.1, -0.05) is 10.4 Å². The van der Waals surface area contributed by atoms with Crippen LogP contribution in [0.1, 0.15) is 11.5 Å². The maximum absolute atomic E-state index is 12.8. The van der Waals surface area contributed by atoms with E-state index in [4.69, 9.17) is 10.3 Å². The van der Waals surface area contributed by atoms with Crippen molar-refractivity contribution in [3.05, 3.63) is 41.6 Å². The van der Waals surface area contributed by atoms with Crippen LogP contribution in [0.3, 0.4) is 0 Å². The number of halogens is 1. The zero-order chi connectivity index (χ0) is 14.1. The molecule has 2 heterocycles. The third-order valence-electron chi connectivity index (χ3n) is 2.87. The number of nitrogens with two attached hydrogens (primary N) is 1. The van der Waals surface area contributed by atoms with Crippen LogP contribution in [0, 0.1) is 12.7 Å². The first-order valence-corrected chi connectivity index (χ1v) is 5.87. The highest BCUT2D eigenvalue weighted by Gasteiger charge is 2.12. The zero-order valence-corrected chi connectivity index (χ0v) is 10.6. The van der Waals surface area contributed by atoms with E-state index in [0.717, 1.165) is 5.69 Å². The number of hydrogen-bond acceptors (Lipinski definition) is 6. The second-order valence-electron chi connectivity index (χ2n) is 4.24. The summed E-state index contributed by atoms with van der Waals surface area (Å²) in [7, 11) is 0. The fraction of sp³-hybridized carbons (Fsp3) is 0.167. The molecule has 0 spiro atoms. The monoisotopic (exact) mass is 274 g/mol. The van der Waals surface area contributed by atoms with Gasteiger partial charge in [0.1, 0.15) is 12.4 Å². The van der Waals surface area contributed by atoms with Crippen LogP contribution in [0.15, 0.2) is 28.8 Å². The molecule has 0 aliphatic rings. The summed E-state index contributed by atoms with van der Waals surface area (Å²) < 4.78 is 19.6. The van der Waals surface area contributed by atoms with Gasteiger partial charge in [0.25, 0.3) is 5.89 Å². The molecule has 0 radical (unpaired) electrons. The lowest BCUT2D eigenvalue weighted by atomic mass is 10.2. The molecule has 2 aromatic heterocycles. The van der Waals surface area contributed by atoms with Crippen molar-refractivity contribution in [3.63, 3.8) is 0 Å². The first-order valence-electron chi connectivity index (χ1n) is 5.87. The van der Waals surface area contributed by atoms with Crippen LogP contribution in [0.5, 0.6) is 0 Å². The van der Waals surface area contributed by atoms with Crippen LogP contribution in [-0.4, -0.2) is 25.1 Å². The maximum Gasteiger partial charge on any atom is 0.257 e. The standard InChI is InChI=1S/C12H11FN6O/c1-7-11(14)16-18-19(7)6-10-15-12(20-17-10)8-2-4-9(13)5-3-8/h2-5H,6,14H2,1H3. The molecule has 8 heteroatoms. The van der Waals surface area contributed by atoms with E-state index in [1.54, 1.807) is 23.7 Å². The van der Waals surface area contributed by atoms with Crippen LogP contribution in [0.25, 0.3) is 11.5 Å². The maximum atomic E-state index is 12.8. The van der Waals surface area contributed by atoms with E-state index < -0.39 is 0 Å². The van der Waals surface area contributed by atoms with Crippen molar-refractivity contribution in [1.82, 2.24) is 25.1 Å². The van der Waals surface area contributed by atoms with E-state index in [1.165, 1.54) is 12.1 Å². The molecule has 0 aliphatic carbocycles. The fourth-order valence-electron chi connectivity index (χ4n) is 1.69. The normalized spacial score (nSPS) is 10.9. The van der Waals surface area contributed by atoms with Gasteiger partial charge in [-0.25, -0.2) is 9.07 Å². The molecule has 2 N–H and O–H groups in total. The lowest BCUT2D eigenvalue weighted by Crippen LogP contribution is -2.05. The minimum Gasteiger partial charge on any atom is -0.381 e. The van der Waals surface area contributed by atoms with Gasteiger partial charge in [-0.2, -0.15) is 4.98 Å². The molecule has 102 valence electrons. The molecule has 3 rings (SSSR count). The molecule has 1 aromatic carbocycles. The number of benzene rings is 1. The summed E-state index contributed by atoms with van der Waals surface area (Å²) in [4.78, 5) is 4.23. The Hall–Kier alpha value is -2.77.